The summed E-state index contributed by atoms with van der Waals surface area (Å²) in [6, 6.07) is 7.68. The highest BCUT2D eigenvalue weighted by Crippen LogP contribution is 2.12. The number of nitrogens with one attached hydrogen (secondary N) is 1. The van der Waals surface area contributed by atoms with Crippen LogP contribution >= 0.6 is 0 Å². The van der Waals surface area contributed by atoms with Crippen molar-refractivity contribution in [2.45, 2.75) is 25.6 Å². The molecule has 18 heavy (non-hydrogen) atoms. The molecule has 0 aliphatic carbocycles. The van der Waals surface area contributed by atoms with E-state index in [1.807, 2.05) is 38.2 Å². The highest BCUT2D eigenvalue weighted by atomic mass is 32.2. The summed E-state index contributed by atoms with van der Waals surface area (Å²) in [6.07, 6.45) is 0.829. The van der Waals surface area contributed by atoms with E-state index in [0.717, 1.165) is 24.1 Å². The fraction of sp³-hybridized carbons (Fsp3) is 0.538. The molecule has 0 aliphatic heterocycles. The lowest BCUT2D eigenvalue weighted by Crippen LogP contribution is -2.28. The molecule has 0 atom stereocenters. The zero-order valence-corrected chi connectivity index (χ0v) is 12.1. The van der Waals surface area contributed by atoms with E-state index < -0.39 is 10.0 Å². The van der Waals surface area contributed by atoms with Gasteiger partial charge in [-0.1, -0.05) is 31.2 Å². The average Bonchev–Trinajstić information content (AvgIpc) is 2.29. The molecule has 0 unspecified atom stereocenters. The summed E-state index contributed by atoms with van der Waals surface area (Å²) in [7, 11) is 0.314. The van der Waals surface area contributed by atoms with Gasteiger partial charge in [-0.05, 0) is 24.6 Å². The van der Waals surface area contributed by atoms with Gasteiger partial charge in [-0.3, -0.25) is 0 Å². The normalized spacial score (nSPS) is 12.0. The first kappa shape index (κ1) is 15.1. The maximum absolute atomic E-state index is 12.1. The van der Waals surface area contributed by atoms with Gasteiger partial charge >= 0.3 is 0 Å². The Balaban J connectivity index is 2.80. The highest BCUT2D eigenvalue weighted by Gasteiger charge is 2.17. The molecule has 0 aromatic heterocycles. The van der Waals surface area contributed by atoms with Gasteiger partial charge in [0.2, 0.25) is 10.0 Å². The molecular weight excluding hydrogens is 248 g/mol. The summed E-state index contributed by atoms with van der Waals surface area (Å²) in [6.45, 7) is 3.29. The number of rotatable bonds is 7. The zero-order valence-electron chi connectivity index (χ0n) is 11.3. The molecule has 0 spiro atoms. The number of hydrogen-bond acceptors (Lipinski definition) is 3. The molecule has 1 aromatic rings. The third kappa shape index (κ3) is 4.40. The van der Waals surface area contributed by atoms with Gasteiger partial charge in [-0.15, -0.1) is 0 Å². The summed E-state index contributed by atoms with van der Waals surface area (Å²) in [5.41, 5.74) is 1.94. The molecule has 1 rings (SSSR count). The maximum Gasteiger partial charge on any atom is 0.218 e. The molecule has 0 bridgehead atoms. The largest absolute Gasteiger partial charge is 0.316 e. The quantitative estimate of drug-likeness (QED) is 0.818. The average molecular weight is 270 g/mol. The van der Waals surface area contributed by atoms with Crippen LogP contribution in [0.4, 0.5) is 0 Å². The summed E-state index contributed by atoms with van der Waals surface area (Å²) in [5.74, 6) is 0.0705. The van der Waals surface area contributed by atoms with E-state index in [1.165, 1.54) is 4.31 Å². The molecule has 0 saturated carbocycles. The number of benzene rings is 1. The second-order valence-corrected chi connectivity index (χ2v) is 6.50. The first-order valence-corrected chi connectivity index (χ1v) is 7.77. The lowest BCUT2D eigenvalue weighted by Gasteiger charge is -2.16. The molecule has 0 fully saturated rings. The van der Waals surface area contributed by atoms with Gasteiger partial charge in [0.25, 0.3) is 0 Å². The Kier molecular flexibility index (Phi) is 5.78. The van der Waals surface area contributed by atoms with Crippen molar-refractivity contribution in [3.63, 3.8) is 0 Å². The predicted molar refractivity (Wildman–Crippen MR) is 74.8 cm³/mol. The summed E-state index contributed by atoms with van der Waals surface area (Å²) >= 11 is 0. The molecule has 0 saturated heterocycles. The highest BCUT2D eigenvalue weighted by molar-refractivity contribution is 7.88. The van der Waals surface area contributed by atoms with Crippen molar-refractivity contribution in [1.82, 2.24) is 9.62 Å². The molecule has 1 N–H and O–H groups in total. The Bertz CT molecular complexity index is 472. The zero-order chi connectivity index (χ0) is 13.6. The lowest BCUT2D eigenvalue weighted by atomic mass is 10.1. The summed E-state index contributed by atoms with van der Waals surface area (Å²) in [5, 5.41) is 3.06. The monoisotopic (exact) mass is 270 g/mol. The van der Waals surface area contributed by atoms with Crippen molar-refractivity contribution in [2.75, 3.05) is 20.6 Å². The van der Waals surface area contributed by atoms with Gasteiger partial charge in [0.05, 0.1) is 5.75 Å². The number of sulfonamides is 1. The molecular formula is C13H22N2O2S. The summed E-state index contributed by atoms with van der Waals surface area (Å²) < 4.78 is 25.6. The van der Waals surface area contributed by atoms with Crippen molar-refractivity contribution in [1.29, 1.82) is 0 Å². The fourth-order valence-corrected chi connectivity index (χ4v) is 3.09. The van der Waals surface area contributed by atoms with Crippen LogP contribution in [-0.2, 0) is 22.3 Å². The van der Waals surface area contributed by atoms with Crippen LogP contribution in [0.3, 0.4) is 0 Å². The van der Waals surface area contributed by atoms with Crippen LogP contribution in [0, 0.1) is 0 Å². The Hall–Kier alpha value is -0.910. The topological polar surface area (TPSA) is 49.4 Å². The minimum atomic E-state index is -3.19. The second-order valence-electron chi connectivity index (χ2n) is 4.43. The van der Waals surface area contributed by atoms with E-state index in [0.29, 0.717) is 6.54 Å². The van der Waals surface area contributed by atoms with Crippen molar-refractivity contribution < 1.29 is 8.42 Å². The lowest BCUT2D eigenvalue weighted by molar-refractivity contribution is 0.467. The Morgan fingerprint density at radius 2 is 1.94 bits per heavy atom. The SMILES string of the molecule is CCCN(C)S(=O)(=O)Cc1cccc(CNC)c1. The Morgan fingerprint density at radius 1 is 1.28 bits per heavy atom. The van der Waals surface area contributed by atoms with Crippen LogP contribution in [-0.4, -0.2) is 33.4 Å². The second kappa shape index (κ2) is 6.87. The molecule has 1 aromatic carbocycles. The van der Waals surface area contributed by atoms with Gasteiger partial charge in [0.1, 0.15) is 0 Å². The third-order valence-electron chi connectivity index (χ3n) is 2.73. The van der Waals surface area contributed by atoms with Gasteiger partial charge < -0.3 is 5.32 Å². The Labute approximate surface area is 110 Å². The smallest absolute Gasteiger partial charge is 0.218 e. The van der Waals surface area contributed by atoms with Crippen LogP contribution < -0.4 is 5.32 Å². The third-order valence-corrected chi connectivity index (χ3v) is 4.57. The van der Waals surface area contributed by atoms with Crippen LogP contribution in [0.25, 0.3) is 0 Å². The van der Waals surface area contributed by atoms with E-state index in [9.17, 15) is 8.42 Å². The number of nitrogens with zero attached hydrogens (tertiary/aromatic N) is 1. The molecule has 0 radical (unpaired) electrons. The molecule has 0 heterocycles. The van der Waals surface area contributed by atoms with Crippen LogP contribution in [0.2, 0.25) is 0 Å². The minimum Gasteiger partial charge on any atom is -0.316 e. The van der Waals surface area contributed by atoms with Crippen molar-refractivity contribution in [3.05, 3.63) is 35.4 Å². The number of hydrogen-bond donors (Lipinski definition) is 1. The van der Waals surface area contributed by atoms with Gasteiger partial charge in [-0.2, -0.15) is 0 Å². The first-order chi connectivity index (χ1) is 8.49. The Morgan fingerprint density at radius 3 is 2.56 bits per heavy atom. The van der Waals surface area contributed by atoms with E-state index in [4.69, 9.17) is 0 Å². The van der Waals surface area contributed by atoms with Gasteiger partial charge in [0.15, 0.2) is 0 Å². The van der Waals surface area contributed by atoms with E-state index in [-0.39, 0.29) is 5.75 Å². The van der Waals surface area contributed by atoms with Crippen molar-refractivity contribution >= 4 is 10.0 Å². The fourth-order valence-electron chi connectivity index (χ4n) is 1.81. The maximum atomic E-state index is 12.1. The molecule has 4 nitrogen and oxygen atoms in total. The first-order valence-electron chi connectivity index (χ1n) is 6.16. The van der Waals surface area contributed by atoms with Crippen LogP contribution in [0.5, 0.6) is 0 Å². The van der Waals surface area contributed by atoms with Crippen LogP contribution in [0.15, 0.2) is 24.3 Å². The standard InChI is InChI=1S/C13H22N2O2S/c1-4-8-15(3)18(16,17)11-13-7-5-6-12(9-13)10-14-2/h5-7,9,14H,4,8,10-11H2,1-3H3. The summed E-state index contributed by atoms with van der Waals surface area (Å²) in [4.78, 5) is 0. The van der Waals surface area contributed by atoms with Crippen LogP contribution in [0.1, 0.15) is 24.5 Å². The predicted octanol–water partition coefficient (Wildman–Crippen LogP) is 1.58. The van der Waals surface area contributed by atoms with E-state index in [1.54, 1.807) is 7.05 Å². The molecule has 102 valence electrons. The van der Waals surface area contributed by atoms with Crippen molar-refractivity contribution in [2.24, 2.45) is 0 Å². The van der Waals surface area contributed by atoms with E-state index in [2.05, 4.69) is 5.32 Å². The molecule has 5 heteroatoms. The molecule has 0 amide bonds. The van der Waals surface area contributed by atoms with Crippen molar-refractivity contribution in [3.8, 4) is 0 Å². The minimum absolute atomic E-state index is 0.0705. The molecule has 0 aliphatic rings. The van der Waals surface area contributed by atoms with Gasteiger partial charge in [-0.25, -0.2) is 12.7 Å². The van der Waals surface area contributed by atoms with Gasteiger partial charge in [0, 0.05) is 20.1 Å². The van der Waals surface area contributed by atoms with E-state index >= 15 is 0 Å².